The summed E-state index contributed by atoms with van der Waals surface area (Å²) < 4.78 is 18.7. The summed E-state index contributed by atoms with van der Waals surface area (Å²) >= 11 is 0. The Bertz CT molecular complexity index is 594. The molecular formula is C17H21FO4. The van der Waals surface area contributed by atoms with Crippen LogP contribution in [0.5, 0.6) is 0 Å². The molecule has 1 unspecified atom stereocenters. The number of aliphatic hydroxyl groups excluding tert-OH is 2. The summed E-state index contributed by atoms with van der Waals surface area (Å²) in [7, 11) is 0. The van der Waals surface area contributed by atoms with Crippen molar-refractivity contribution >= 4 is 5.97 Å². The van der Waals surface area contributed by atoms with Crippen LogP contribution in [0.1, 0.15) is 37.8 Å². The van der Waals surface area contributed by atoms with E-state index in [1.54, 1.807) is 6.07 Å². The van der Waals surface area contributed by atoms with Crippen molar-refractivity contribution in [2.75, 3.05) is 0 Å². The molecule has 1 aromatic carbocycles. The fraction of sp³-hybridized carbons (Fsp3) is 0.471. The maximum atomic E-state index is 13.2. The molecule has 1 atom stereocenters. The summed E-state index contributed by atoms with van der Waals surface area (Å²) in [5.41, 5.74) is 0.562. The highest BCUT2D eigenvalue weighted by atomic mass is 19.1. The van der Waals surface area contributed by atoms with Crippen molar-refractivity contribution in [1.29, 1.82) is 0 Å². The van der Waals surface area contributed by atoms with Crippen LogP contribution in [-0.2, 0) is 22.6 Å². The van der Waals surface area contributed by atoms with Gasteiger partial charge in [-0.2, -0.15) is 0 Å². The summed E-state index contributed by atoms with van der Waals surface area (Å²) in [6, 6.07) is 4.29. The van der Waals surface area contributed by atoms with Crippen molar-refractivity contribution in [2.45, 2.75) is 45.3 Å². The van der Waals surface area contributed by atoms with Crippen LogP contribution in [0.4, 0.5) is 4.39 Å². The molecule has 1 aliphatic heterocycles. The van der Waals surface area contributed by atoms with E-state index in [0.717, 1.165) is 11.6 Å². The smallest absolute Gasteiger partial charge is 0.334 e. The van der Waals surface area contributed by atoms with Gasteiger partial charge in [-0.25, -0.2) is 9.18 Å². The predicted octanol–water partition coefficient (Wildman–Crippen LogP) is 3.03. The molecule has 4 nitrogen and oxygen atoms in total. The second kappa shape index (κ2) is 6.48. The average Bonchev–Trinajstić information content (AvgIpc) is 2.44. The highest BCUT2D eigenvalue weighted by Crippen LogP contribution is 2.36. The Hall–Kier alpha value is -1.88. The van der Waals surface area contributed by atoms with E-state index in [-0.39, 0.29) is 24.7 Å². The van der Waals surface area contributed by atoms with Gasteiger partial charge < -0.3 is 14.9 Å². The standard InChI is InChI=1S/C17H21FO4/c1-11(2)17(9-15(20)8-16(21)22-17)6-5-12-3-4-14(18)7-13(12)10-19/h3-4,7-8,11,19-20H,5-6,9-10H2,1-2H3. The number of benzene rings is 1. The van der Waals surface area contributed by atoms with Crippen LogP contribution in [0.25, 0.3) is 0 Å². The zero-order valence-corrected chi connectivity index (χ0v) is 12.8. The first-order valence-electron chi connectivity index (χ1n) is 7.37. The molecule has 1 aromatic rings. The van der Waals surface area contributed by atoms with Crippen LogP contribution >= 0.6 is 0 Å². The number of rotatable bonds is 5. The quantitative estimate of drug-likeness (QED) is 0.821. The van der Waals surface area contributed by atoms with Crippen molar-refractivity contribution in [3.63, 3.8) is 0 Å². The Morgan fingerprint density at radius 3 is 2.68 bits per heavy atom. The maximum Gasteiger partial charge on any atom is 0.334 e. The van der Waals surface area contributed by atoms with E-state index in [2.05, 4.69) is 0 Å². The summed E-state index contributed by atoms with van der Waals surface area (Å²) in [5, 5.41) is 19.1. The molecule has 2 rings (SSSR count). The van der Waals surface area contributed by atoms with Gasteiger partial charge in [0.2, 0.25) is 0 Å². The summed E-state index contributed by atoms with van der Waals surface area (Å²) in [6.45, 7) is 3.62. The number of esters is 1. The minimum Gasteiger partial charge on any atom is -0.512 e. The topological polar surface area (TPSA) is 66.8 Å². The van der Waals surface area contributed by atoms with Crippen molar-refractivity contribution in [3.8, 4) is 0 Å². The molecule has 1 aliphatic rings. The number of hydrogen-bond donors (Lipinski definition) is 2. The second-order valence-electron chi connectivity index (χ2n) is 6.02. The molecule has 0 aliphatic carbocycles. The third-order valence-electron chi connectivity index (χ3n) is 4.28. The number of halogens is 1. The van der Waals surface area contributed by atoms with Crippen LogP contribution < -0.4 is 0 Å². The lowest BCUT2D eigenvalue weighted by Gasteiger charge is -2.39. The number of ether oxygens (including phenoxy) is 1. The van der Waals surface area contributed by atoms with Gasteiger partial charge in [0.25, 0.3) is 0 Å². The van der Waals surface area contributed by atoms with Gasteiger partial charge >= 0.3 is 5.97 Å². The molecule has 0 fully saturated rings. The van der Waals surface area contributed by atoms with E-state index in [1.807, 2.05) is 13.8 Å². The molecule has 22 heavy (non-hydrogen) atoms. The van der Waals surface area contributed by atoms with E-state index < -0.39 is 17.4 Å². The van der Waals surface area contributed by atoms with Crippen molar-refractivity contribution in [2.24, 2.45) is 5.92 Å². The molecule has 0 spiro atoms. The molecule has 0 bridgehead atoms. The van der Waals surface area contributed by atoms with E-state index in [4.69, 9.17) is 4.74 Å². The zero-order valence-electron chi connectivity index (χ0n) is 12.8. The fourth-order valence-corrected chi connectivity index (χ4v) is 2.84. The van der Waals surface area contributed by atoms with Gasteiger partial charge in [-0.1, -0.05) is 19.9 Å². The van der Waals surface area contributed by atoms with Gasteiger partial charge in [0.15, 0.2) is 0 Å². The number of carbonyl (C=O) groups is 1. The van der Waals surface area contributed by atoms with Gasteiger partial charge in [-0.15, -0.1) is 0 Å². The molecule has 5 heteroatoms. The second-order valence-corrected chi connectivity index (χ2v) is 6.02. The largest absolute Gasteiger partial charge is 0.512 e. The number of aliphatic hydroxyl groups is 2. The Labute approximate surface area is 129 Å². The van der Waals surface area contributed by atoms with Gasteiger partial charge in [0.1, 0.15) is 17.2 Å². The lowest BCUT2D eigenvalue weighted by molar-refractivity contribution is -0.163. The van der Waals surface area contributed by atoms with E-state index in [1.165, 1.54) is 12.1 Å². The van der Waals surface area contributed by atoms with Crippen LogP contribution in [0.2, 0.25) is 0 Å². The monoisotopic (exact) mass is 308 g/mol. The van der Waals surface area contributed by atoms with Gasteiger partial charge in [0, 0.05) is 6.42 Å². The summed E-state index contributed by atoms with van der Waals surface area (Å²) in [4.78, 5) is 11.6. The third-order valence-corrected chi connectivity index (χ3v) is 4.28. The SMILES string of the molecule is CC(C)C1(CCc2ccc(F)cc2CO)CC(O)=CC(=O)O1. The van der Waals surface area contributed by atoms with Gasteiger partial charge in [-0.05, 0) is 42.0 Å². The first kappa shape index (κ1) is 16.5. The predicted molar refractivity (Wildman–Crippen MR) is 79.6 cm³/mol. The Kier molecular flexibility index (Phi) is 4.86. The number of cyclic esters (lactones) is 1. The minimum absolute atomic E-state index is 0.0188. The minimum atomic E-state index is -0.781. The van der Waals surface area contributed by atoms with Crippen LogP contribution in [0, 0.1) is 11.7 Å². The molecule has 120 valence electrons. The number of aryl methyl sites for hydroxylation is 1. The van der Waals surface area contributed by atoms with Gasteiger partial charge in [0.05, 0.1) is 12.7 Å². The summed E-state index contributed by atoms with van der Waals surface area (Å²) in [6.07, 6.45) is 2.38. The third kappa shape index (κ3) is 3.47. The van der Waals surface area contributed by atoms with Crippen molar-refractivity contribution < 1.29 is 24.1 Å². The Balaban J connectivity index is 2.20. The maximum absolute atomic E-state index is 13.2. The van der Waals surface area contributed by atoms with Gasteiger partial charge in [-0.3, -0.25) is 0 Å². The first-order valence-corrected chi connectivity index (χ1v) is 7.37. The number of carbonyl (C=O) groups excluding carboxylic acids is 1. The lowest BCUT2D eigenvalue weighted by Crippen LogP contribution is -2.43. The normalized spacial score (nSPS) is 21.7. The molecule has 0 saturated heterocycles. The molecular weight excluding hydrogens is 287 g/mol. The first-order chi connectivity index (χ1) is 10.4. The molecule has 0 amide bonds. The summed E-state index contributed by atoms with van der Waals surface area (Å²) in [5.74, 6) is -0.897. The highest BCUT2D eigenvalue weighted by Gasteiger charge is 2.41. The molecule has 1 heterocycles. The van der Waals surface area contributed by atoms with Crippen molar-refractivity contribution in [3.05, 3.63) is 47.0 Å². The van der Waals surface area contributed by atoms with Crippen LogP contribution in [-0.4, -0.2) is 21.8 Å². The Morgan fingerprint density at radius 1 is 1.36 bits per heavy atom. The molecule has 0 saturated carbocycles. The van der Waals surface area contributed by atoms with Crippen LogP contribution in [0.3, 0.4) is 0 Å². The Morgan fingerprint density at radius 2 is 2.09 bits per heavy atom. The lowest BCUT2D eigenvalue weighted by atomic mass is 9.79. The molecule has 0 aromatic heterocycles. The van der Waals surface area contributed by atoms with Crippen LogP contribution in [0.15, 0.2) is 30.0 Å². The van der Waals surface area contributed by atoms with Crippen molar-refractivity contribution in [1.82, 2.24) is 0 Å². The zero-order chi connectivity index (χ0) is 16.3. The van der Waals surface area contributed by atoms with E-state index in [9.17, 15) is 19.4 Å². The van der Waals surface area contributed by atoms with E-state index >= 15 is 0 Å². The average molecular weight is 308 g/mol. The highest BCUT2D eigenvalue weighted by molar-refractivity contribution is 5.83. The molecule has 0 radical (unpaired) electrons. The number of hydrogen-bond acceptors (Lipinski definition) is 4. The van der Waals surface area contributed by atoms with E-state index in [0.29, 0.717) is 18.4 Å². The fourth-order valence-electron chi connectivity index (χ4n) is 2.84. The molecule has 2 N–H and O–H groups in total.